The van der Waals surface area contributed by atoms with E-state index >= 15 is 0 Å². The Morgan fingerprint density at radius 1 is 0.808 bits per heavy atom. The van der Waals surface area contributed by atoms with Gasteiger partial charge in [-0.05, 0) is 48.9 Å². The highest BCUT2D eigenvalue weighted by Crippen LogP contribution is 2.20. The van der Waals surface area contributed by atoms with E-state index in [4.69, 9.17) is 11.6 Å². The van der Waals surface area contributed by atoms with Crippen LogP contribution in [0.4, 0.5) is 11.4 Å². The second kappa shape index (κ2) is 7.80. The van der Waals surface area contributed by atoms with Gasteiger partial charge in [-0.15, -0.1) is 0 Å². The number of halogens is 1. The highest BCUT2D eigenvalue weighted by molar-refractivity contribution is 6.31. The lowest BCUT2D eigenvalue weighted by atomic mass is 10.2. The second-order valence-corrected chi connectivity index (χ2v) is 6.05. The molecule has 130 valence electrons. The third-order valence-corrected chi connectivity index (χ3v) is 4.08. The van der Waals surface area contributed by atoms with Gasteiger partial charge in [0, 0.05) is 16.4 Å². The SMILES string of the molecule is Cc1ccc(NC(=O)c2cccc(C(=O)Nc3ccccc3)n2)cc1Cl. The zero-order chi connectivity index (χ0) is 18.5. The molecule has 0 aliphatic rings. The fourth-order valence-electron chi connectivity index (χ4n) is 2.27. The summed E-state index contributed by atoms with van der Waals surface area (Å²) in [6.45, 7) is 1.88. The minimum Gasteiger partial charge on any atom is -0.321 e. The molecule has 2 N–H and O–H groups in total. The van der Waals surface area contributed by atoms with Gasteiger partial charge in [0.25, 0.3) is 11.8 Å². The van der Waals surface area contributed by atoms with E-state index in [1.807, 2.05) is 31.2 Å². The number of anilines is 2. The van der Waals surface area contributed by atoms with E-state index in [1.165, 1.54) is 0 Å². The van der Waals surface area contributed by atoms with Crippen LogP contribution < -0.4 is 10.6 Å². The zero-order valence-corrected chi connectivity index (χ0v) is 14.7. The highest BCUT2D eigenvalue weighted by Gasteiger charge is 2.13. The maximum absolute atomic E-state index is 12.4. The van der Waals surface area contributed by atoms with Crippen molar-refractivity contribution in [2.45, 2.75) is 6.92 Å². The van der Waals surface area contributed by atoms with Crippen molar-refractivity contribution in [3.8, 4) is 0 Å². The van der Waals surface area contributed by atoms with Crippen molar-refractivity contribution in [2.24, 2.45) is 0 Å². The van der Waals surface area contributed by atoms with Crippen LogP contribution >= 0.6 is 11.6 Å². The predicted molar refractivity (Wildman–Crippen MR) is 103 cm³/mol. The molecule has 0 fully saturated rings. The molecule has 6 heteroatoms. The Bertz CT molecular complexity index is 958. The van der Waals surface area contributed by atoms with Crippen molar-refractivity contribution < 1.29 is 9.59 Å². The number of pyridine rings is 1. The Balaban J connectivity index is 1.74. The molecule has 0 aliphatic carbocycles. The molecule has 0 radical (unpaired) electrons. The Kier molecular flexibility index (Phi) is 5.29. The van der Waals surface area contributed by atoms with Crippen LogP contribution in [0.5, 0.6) is 0 Å². The number of nitrogens with zero attached hydrogens (tertiary/aromatic N) is 1. The number of carbonyl (C=O) groups excluding carboxylic acids is 2. The van der Waals surface area contributed by atoms with Crippen molar-refractivity contribution in [3.63, 3.8) is 0 Å². The van der Waals surface area contributed by atoms with Crippen LogP contribution in [0.25, 0.3) is 0 Å². The summed E-state index contributed by atoms with van der Waals surface area (Å²) in [5.74, 6) is -0.802. The Hall–Kier alpha value is -3.18. The molecule has 1 heterocycles. The normalized spacial score (nSPS) is 10.2. The highest BCUT2D eigenvalue weighted by atomic mass is 35.5. The van der Waals surface area contributed by atoms with E-state index in [9.17, 15) is 9.59 Å². The number of hydrogen-bond acceptors (Lipinski definition) is 3. The van der Waals surface area contributed by atoms with Gasteiger partial charge in [0.1, 0.15) is 11.4 Å². The number of amides is 2. The molecule has 26 heavy (non-hydrogen) atoms. The molecule has 2 amide bonds. The molecule has 0 spiro atoms. The van der Waals surface area contributed by atoms with E-state index < -0.39 is 5.91 Å². The van der Waals surface area contributed by atoms with Gasteiger partial charge < -0.3 is 10.6 Å². The van der Waals surface area contributed by atoms with Crippen LogP contribution in [0.1, 0.15) is 26.5 Å². The first-order chi connectivity index (χ1) is 12.5. The maximum atomic E-state index is 12.4. The van der Waals surface area contributed by atoms with Crippen molar-refractivity contribution in [3.05, 3.63) is 88.7 Å². The van der Waals surface area contributed by atoms with E-state index in [-0.39, 0.29) is 17.3 Å². The minimum atomic E-state index is -0.417. The number of carbonyl (C=O) groups is 2. The summed E-state index contributed by atoms with van der Waals surface area (Å²) in [6.07, 6.45) is 0. The topological polar surface area (TPSA) is 71.1 Å². The van der Waals surface area contributed by atoms with Gasteiger partial charge in [-0.1, -0.05) is 41.9 Å². The number of hydrogen-bond donors (Lipinski definition) is 2. The van der Waals surface area contributed by atoms with Gasteiger partial charge in [0.15, 0.2) is 0 Å². The lowest BCUT2D eigenvalue weighted by Crippen LogP contribution is -2.18. The predicted octanol–water partition coefficient (Wildman–Crippen LogP) is 4.55. The molecule has 0 saturated carbocycles. The average molecular weight is 366 g/mol. The number of aromatic nitrogens is 1. The quantitative estimate of drug-likeness (QED) is 0.712. The summed E-state index contributed by atoms with van der Waals surface area (Å²) in [5, 5.41) is 6.02. The summed E-state index contributed by atoms with van der Waals surface area (Å²) < 4.78 is 0. The first kappa shape index (κ1) is 17.6. The van der Waals surface area contributed by atoms with Gasteiger partial charge in [-0.25, -0.2) is 4.98 Å². The van der Waals surface area contributed by atoms with Crippen molar-refractivity contribution in [1.29, 1.82) is 0 Å². The molecule has 3 rings (SSSR count). The molecular weight excluding hydrogens is 350 g/mol. The smallest absolute Gasteiger partial charge is 0.274 e. The average Bonchev–Trinajstić information content (AvgIpc) is 2.65. The summed E-state index contributed by atoms with van der Waals surface area (Å²) in [4.78, 5) is 28.8. The van der Waals surface area contributed by atoms with Gasteiger partial charge >= 0.3 is 0 Å². The lowest BCUT2D eigenvalue weighted by molar-refractivity contribution is 0.101. The maximum Gasteiger partial charge on any atom is 0.274 e. The number of aryl methyl sites for hydroxylation is 1. The van der Waals surface area contributed by atoms with Crippen LogP contribution in [-0.4, -0.2) is 16.8 Å². The molecule has 1 aromatic heterocycles. The number of nitrogens with one attached hydrogen (secondary N) is 2. The molecule has 2 aromatic carbocycles. The number of benzene rings is 2. The first-order valence-electron chi connectivity index (χ1n) is 7.94. The standard InChI is InChI=1S/C20H16ClN3O2/c1-13-10-11-15(12-16(13)21)23-20(26)18-9-5-8-17(24-18)19(25)22-14-6-3-2-4-7-14/h2-12H,1H3,(H,22,25)(H,23,26). The van der Waals surface area contributed by atoms with Crippen molar-refractivity contribution in [1.82, 2.24) is 4.98 Å². The molecule has 0 saturated heterocycles. The third kappa shape index (κ3) is 4.26. The summed E-state index contributed by atoms with van der Waals surface area (Å²) in [6, 6.07) is 19.0. The Morgan fingerprint density at radius 3 is 2.04 bits per heavy atom. The van der Waals surface area contributed by atoms with Gasteiger partial charge in [0.2, 0.25) is 0 Å². The van der Waals surface area contributed by atoms with Crippen LogP contribution in [0, 0.1) is 6.92 Å². The summed E-state index contributed by atoms with van der Waals surface area (Å²) >= 11 is 6.07. The Labute approximate surface area is 156 Å². The van der Waals surface area contributed by atoms with Crippen LogP contribution in [0.3, 0.4) is 0 Å². The van der Waals surface area contributed by atoms with Gasteiger partial charge in [0.05, 0.1) is 0 Å². The van der Waals surface area contributed by atoms with E-state index in [1.54, 1.807) is 42.5 Å². The fourth-order valence-corrected chi connectivity index (χ4v) is 2.45. The van der Waals surface area contributed by atoms with E-state index in [0.29, 0.717) is 16.4 Å². The lowest BCUT2D eigenvalue weighted by Gasteiger charge is -2.08. The molecule has 0 unspecified atom stereocenters. The fraction of sp³-hybridized carbons (Fsp3) is 0.0500. The number of rotatable bonds is 4. The largest absolute Gasteiger partial charge is 0.321 e. The zero-order valence-electron chi connectivity index (χ0n) is 14.0. The van der Waals surface area contributed by atoms with Crippen molar-refractivity contribution in [2.75, 3.05) is 10.6 Å². The van der Waals surface area contributed by atoms with Crippen LogP contribution in [0.2, 0.25) is 5.02 Å². The molecule has 0 bridgehead atoms. The Morgan fingerprint density at radius 2 is 1.42 bits per heavy atom. The van der Waals surface area contributed by atoms with Crippen LogP contribution in [-0.2, 0) is 0 Å². The molecular formula is C20H16ClN3O2. The molecule has 0 aliphatic heterocycles. The summed E-state index contributed by atoms with van der Waals surface area (Å²) in [5.41, 5.74) is 2.43. The van der Waals surface area contributed by atoms with E-state index in [2.05, 4.69) is 15.6 Å². The van der Waals surface area contributed by atoms with Crippen molar-refractivity contribution >= 4 is 34.8 Å². The molecule has 5 nitrogen and oxygen atoms in total. The molecule has 3 aromatic rings. The van der Waals surface area contributed by atoms with Crippen LogP contribution in [0.15, 0.2) is 66.7 Å². The van der Waals surface area contributed by atoms with Gasteiger partial charge in [-0.3, -0.25) is 9.59 Å². The minimum absolute atomic E-state index is 0.141. The first-order valence-corrected chi connectivity index (χ1v) is 8.32. The van der Waals surface area contributed by atoms with E-state index in [0.717, 1.165) is 5.56 Å². The number of para-hydroxylation sites is 1. The second-order valence-electron chi connectivity index (χ2n) is 5.65. The van der Waals surface area contributed by atoms with Gasteiger partial charge in [-0.2, -0.15) is 0 Å². The third-order valence-electron chi connectivity index (χ3n) is 3.68. The molecule has 0 atom stereocenters. The summed E-state index contributed by atoms with van der Waals surface area (Å²) in [7, 11) is 0. The monoisotopic (exact) mass is 365 g/mol.